The summed E-state index contributed by atoms with van der Waals surface area (Å²) < 4.78 is 10.7. The van der Waals surface area contributed by atoms with Crippen LogP contribution in [-0.4, -0.2) is 74.4 Å². The van der Waals surface area contributed by atoms with E-state index in [-0.39, 0.29) is 5.91 Å². The molecule has 0 aliphatic carbocycles. The van der Waals surface area contributed by atoms with Gasteiger partial charge in [0.25, 0.3) is 0 Å². The molecule has 0 aromatic rings. The van der Waals surface area contributed by atoms with E-state index >= 15 is 0 Å². The highest BCUT2D eigenvalue weighted by molar-refractivity contribution is 8.00. The highest BCUT2D eigenvalue weighted by Gasteiger charge is 2.18. The third kappa shape index (κ3) is 8.66. The smallest absolute Gasteiger partial charge is 0.232 e. The zero-order valence-electron chi connectivity index (χ0n) is 13.4. The van der Waals surface area contributed by atoms with Gasteiger partial charge in [-0.05, 0) is 39.8 Å². The number of hydrogen-bond acceptors (Lipinski definition) is 5. The Bertz CT molecular complexity index is 264. The van der Waals surface area contributed by atoms with Crippen LogP contribution in [-0.2, 0) is 14.3 Å². The average molecular weight is 318 g/mol. The van der Waals surface area contributed by atoms with E-state index in [0.29, 0.717) is 50.5 Å². The Morgan fingerprint density at radius 1 is 1.14 bits per heavy atom. The van der Waals surface area contributed by atoms with Gasteiger partial charge in [-0.25, -0.2) is 0 Å². The Morgan fingerprint density at radius 2 is 1.71 bits per heavy atom. The van der Waals surface area contributed by atoms with Crippen molar-refractivity contribution < 1.29 is 14.3 Å². The third-order valence-corrected chi connectivity index (χ3v) is 4.86. The quantitative estimate of drug-likeness (QED) is 0.583. The lowest BCUT2D eigenvalue weighted by Crippen LogP contribution is -2.38. The van der Waals surface area contributed by atoms with Crippen molar-refractivity contribution in [3.8, 4) is 0 Å². The normalized spacial score (nSPS) is 16.1. The van der Waals surface area contributed by atoms with Crippen molar-refractivity contribution in [2.45, 2.75) is 31.9 Å². The molecular weight excluding hydrogens is 288 g/mol. The maximum Gasteiger partial charge on any atom is 0.232 e. The molecule has 0 atom stereocenters. The summed E-state index contributed by atoms with van der Waals surface area (Å²) in [6.45, 7) is 10.00. The monoisotopic (exact) mass is 318 g/mol. The van der Waals surface area contributed by atoms with Crippen molar-refractivity contribution in [3.63, 3.8) is 0 Å². The van der Waals surface area contributed by atoms with E-state index in [1.54, 1.807) is 11.8 Å². The first-order valence-corrected chi connectivity index (χ1v) is 9.08. The fraction of sp³-hybridized carbons (Fsp3) is 0.933. The van der Waals surface area contributed by atoms with E-state index in [2.05, 4.69) is 5.32 Å². The molecule has 1 N–H and O–H groups in total. The number of amides is 1. The highest BCUT2D eigenvalue weighted by atomic mass is 32.2. The lowest BCUT2D eigenvalue weighted by molar-refractivity contribution is -0.129. The van der Waals surface area contributed by atoms with Crippen LogP contribution in [0.25, 0.3) is 0 Å². The number of rotatable bonds is 11. The minimum atomic E-state index is 0.206. The fourth-order valence-electron chi connectivity index (χ4n) is 2.24. The molecule has 0 spiro atoms. The summed E-state index contributed by atoms with van der Waals surface area (Å²) in [5.74, 6) is 0.779. The molecule has 0 aromatic carbocycles. The standard InChI is InChI=1S/C15H30N2O3S/c1-3-19-11-9-17(10-12-20-4-2)15(18)13-21-14-5-7-16-8-6-14/h14,16H,3-13H2,1-2H3. The van der Waals surface area contributed by atoms with Gasteiger partial charge in [0, 0.05) is 31.6 Å². The van der Waals surface area contributed by atoms with Crippen LogP contribution in [0.1, 0.15) is 26.7 Å². The minimum Gasteiger partial charge on any atom is -0.380 e. The number of ether oxygens (including phenoxy) is 2. The Labute approximate surface area is 133 Å². The number of carbonyl (C=O) groups excluding carboxylic acids is 1. The van der Waals surface area contributed by atoms with E-state index in [1.807, 2.05) is 18.7 Å². The number of nitrogens with one attached hydrogen (secondary N) is 1. The van der Waals surface area contributed by atoms with Crippen molar-refractivity contribution in [2.24, 2.45) is 0 Å². The predicted molar refractivity (Wildman–Crippen MR) is 87.9 cm³/mol. The largest absolute Gasteiger partial charge is 0.380 e. The van der Waals surface area contributed by atoms with Crippen LogP contribution in [0.15, 0.2) is 0 Å². The minimum absolute atomic E-state index is 0.206. The van der Waals surface area contributed by atoms with Gasteiger partial charge in [-0.2, -0.15) is 0 Å². The van der Waals surface area contributed by atoms with Crippen LogP contribution in [0, 0.1) is 0 Å². The second-order valence-corrected chi connectivity index (χ2v) is 6.32. The van der Waals surface area contributed by atoms with Crippen molar-refractivity contribution in [1.29, 1.82) is 0 Å². The first-order chi connectivity index (χ1) is 10.3. The van der Waals surface area contributed by atoms with Gasteiger partial charge in [0.2, 0.25) is 5.91 Å². The summed E-state index contributed by atoms with van der Waals surface area (Å²) in [6, 6.07) is 0. The lowest BCUT2D eigenvalue weighted by atomic mass is 10.2. The maximum atomic E-state index is 12.4. The molecule has 21 heavy (non-hydrogen) atoms. The number of thioether (sulfide) groups is 1. The molecule has 1 heterocycles. The molecular formula is C15H30N2O3S. The summed E-state index contributed by atoms with van der Waals surface area (Å²) in [4.78, 5) is 14.2. The van der Waals surface area contributed by atoms with Crippen LogP contribution in [0.3, 0.4) is 0 Å². The molecule has 1 fully saturated rings. The predicted octanol–water partition coefficient (Wildman–Crippen LogP) is 1.37. The molecule has 124 valence electrons. The summed E-state index contributed by atoms with van der Waals surface area (Å²) in [5.41, 5.74) is 0. The summed E-state index contributed by atoms with van der Waals surface area (Å²) in [6.07, 6.45) is 2.33. The molecule has 0 unspecified atom stereocenters. The molecule has 5 nitrogen and oxygen atoms in total. The molecule has 1 aliphatic rings. The van der Waals surface area contributed by atoms with Gasteiger partial charge in [0.15, 0.2) is 0 Å². The molecule has 0 aromatic heterocycles. The third-order valence-electron chi connectivity index (χ3n) is 3.50. The van der Waals surface area contributed by atoms with E-state index < -0.39 is 0 Å². The lowest BCUT2D eigenvalue weighted by Gasteiger charge is -2.25. The Kier molecular flexibility index (Phi) is 10.9. The topological polar surface area (TPSA) is 50.8 Å². The van der Waals surface area contributed by atoms with Crippen LogP contribution in [0.2, 0.25) is 0 Å². The van der Waals surface area contributed by atoms with Gasteiger partial charge in [-0.15, -0.1) is 11.8 Å². The van der Waals surface area contributed by atoms with Gasteiger partial charge >= 0.3 is 0 Å². The van der Waals surface area contributed by atoms with Gasteiger partial charge < -0.3 is 19.7 Å². The molecule has 0 radical (unpaired) electrons. The first kappa shape index (κ1) is 18.7. The molecule has 1 aliphatic heterocycles. The van der Waals surface area contributed by atoms with Crippen LogP contribution in [0.5, 0.6) is 0 Å². The van der Waals surface area contributed by atoms with Crippen LogP contribution >= 0.6 is 11.8 Å². The maximum absolute atomic E-state index is 12.4. The molecule has 1 amide bonds. The SMILES string of the molecule is CCOCCN(CCOCC)C(=O)CSC1CCNCC1. The Balaban J connectivity index is 2.29. The zero-order chi connectivity index (χ0) is 15.3. The molecule has 1 rings (SSSR count). The van der Waals surface area contributed by atoms with Crippen molar-refractivity contribution in [3.05, 3.63) is 0 Å². The highest BCUT2D eigenvalue weighted by Crippen LogP contribution is 2.20. The molecule has 6 heteroatoms. The Morgan fingerprint density at radius 3 is 2.24 bits per heavy atom. The van der Waals surface area contributed by atoms with E-state index in [1.165, 1.54) is 0 Å². The van der Waals surface area contributed by atoms with E-state index in [4.69, 9.17) is 9.47 Å². The molecule has 1 saturated heterocycles. The van der Waals surface area contributed by atoms with Crippen LogP contribution in [0.4, 0.5) is 0 Å². The number of carbonyl (C=O) groups is 1. The van der Waals surface area contributed by atoms with Gasteiger partial charge in [-0.1, -0.05) is 0 Å². The zero-order valence-corrected chi connectivity index (χ0v) is 14.3. The molecule has 0 bridgehead atoms. The van der Waals surface area contributed by atoms with E-state index in [0.717, 1.165) is 25.9 Å². The first-order valence-electron chi connectivity index (χ1n) is 8.03. The summed E-state index contributed by atoms with van der Waals surface area (Å²) in [7, 11) is 0. The number of piperidine rings is 1. The molecule has 0 saturated carbocycles. The van der Waals surface area contributed by atoms with Gasteiger partial charge in [0.1, 0.15) is 0 Å². The second-order valence-electron chi connectivity index (χ2n) is 5.03. The fourth-order valence-corrected chi connectivity index (χ4v) is 3.37. The second kappa shape index (κ2) is 12.3. The number of nitrogens with zero attached hydrogens (tertiary/aromatic N) is 1. The van der Waals surface area contributed by atoms with E-state index in [9.17, 15) is 4.79 Å². The Hall–Kier alpha value is -0.300. The van der Waals surface area contributed by atoms with Crippen molar-refractivity contribution >= 4 is 17.7 Å². The number of hydrogen-bond donors (Lipinski definition) is 1. The summed E-state index contributed by atoms with van der Waals surface area (Å²) in [5, 5.41) is 3.97. The van der Waals surface area contributed by atoms with Gasteiger partial charge in [0.05, 0.1) is 19.0 Å². The van der Waals surface area contributed by atoms with Gasteiger partial charge in [-0.3, -0.25) is 4.79 Å². The van der Waals surface area contributed by atoms with Crippen molar-refractivity contribution in [2.75, 3.05) is 58.4 Å². The summed E-state index contributed by atoms with van der Waals surface area (Å²) >= 11 is 1.80. The average Bonchev–Trinajstić information content (AvgIpc) is 2.52. The van der Waals surface area contributed by atoms with Crippen LogP contribution < -0.4 is 5.32 Å². The van der Waals surface area contributed by atoms with Crippen molar-refractivity contribution in [1.82, 2.24) is 10.2 Å².